The van der Waals surface area contributed by atoms with Crippen LogP contribution in [-0.2, 0) is 0 Å². The van der Waals surface area contributed by atoms with Crippen LogP contribution < -0.4 is 5.73 Å². The Bertz CT molecular complexity index is 519. The lowest BCUT2D eigenvalue weighted by molar-refractivity contribution is 0.0976. The molecule has 0 unspecified atom stereocenters. The van der Waals surface area contributed by atoms with Gasteiger partial charge in [-0.25, -0.2) is 4.39 Å². The van der Waals surface area contributed by atoms with Crippen LogP contribution in [0.3, 0.4) is 0 Å². The van der Waals surface area contributed by atoms with Gasteiger partial charge in [0.1, 0.15) is 0 Å². The van der Waals surface area contributed by atoms with Crippen LogP contribution >= 0.6 is 0 Å². The normalized spacial score (nSPS) is 10.7. The van der Waals surface area contributed by atoms with E-state index in [1.165, 1.54) is 19.2 Å². The fourth-order valence-corrected chi connectivity index (χ4v) is 1.20. The third kappa shape index (κ3) is 1.14. The lowest BCUT2D eigenvalue weighted by atomic mass is 10.2. The lowest BCUT2D eigenvalue weighted by Gasteiger charge is -1.93. The molecule has 0 saturated heterocycles. The minimum Gasteiger partial charge on any atom is -0.449 e. The van der Waals surface area contributed by atoms with Crippen LogP contribution in [0, 0.1) is 12.7 Å². The summed E-state index contributed by atoms with van der Waals surface area (Å²) < 4.78 is 18.4. The fraction of sp³-hybridized carbons (Fsp3) is 0.111. The molecule has 72 valence electrons. The minimum atomic E-state index is -0.724. The summed E-state index contributed by atoms with van der Waals surface area (Å²) in [6.45, 7) is 1.53. The van der Waals surface area contributed by atoms with Crippen molar-refractivity contribution in [1.29, 1.82) is 0 Å². The van der Waals surface area contributed by atoms with Crippen molar-refractivity contribution in [3.8, 4) is 0 Å². The highest BCUT2D eigenvalue weighted by molar-refractivity contribution is 5.95. The monoisotopic (exact) mass is 194 g/mol. The van der Waals surface area contributed by atoms with E-state index in [4.69, 9.17) is 10.2 Å². The van der Waals surface area contributed by atoms with E-state index in [-0.39, 0.29) is 22.4 Å². The molecule has 0 aliphatic rings. The number of aromatic nitrogens is 1. The molecule has 14 heavy (non-hydrogen) atoms. The van der Waals surface area contributed by atoms with Gasteiger partial charge in [0.15, 0.2) is 17.2 Å². The lowest BCUT2D eigenvalue weighted by Crippen LogP contribution is -2.08. The standard InChI is InChI=1S/C9H7FN2O2/c1-4-8(10)5-2-6(9(11)13)14-7(5)3-12-4/h2-3H,1H3,(H2,11,13). The van der Waals surface area contributed by atoms with Gasteiger partial charge in [0.25, 0.3) is 5.91 Å². The van der Waals surface area contributed by atoms with Gasteiger partial charge < -0.3 is 10.2 Å². The molecular formula is C9H7FN2O2. The highest BCUT2D eigenvalue weighted by Gasteiger charge is 2.13. The summed E-state index contributed by atoms with van der Waals surface area (Å²) in [4.78, 5) is 14.5. The molecule has 0 saturated carbocycles. The number of aryl methyl sites for hydroxylation is 1. The third-order valence-electron chi connectivity index (χ3n) is 1.93. The number of carbonyl (C=O) groups excluding carboxylic acids is 1. The first-order valence-corrected chi connectivity index (χ1v) is 3.94. The average Bonchev–Trinajstić information content (AvgIpc) is 2.56. The second-order valence-electron chi connectivity index (χ2n) is 2.91. The van der Waals surface area contributed by atoms with Gasteiger partial charge in [0, 0.05) is 6.07 Å². The number of hydrogen-bond acceptors (Lipinski definition) is 3. The molecule has 0 spiro atoms. The number of hydrogen-bond donors (Lipinski definition) is 1. The van der Waals surface area contributed by atoms with E-state index in [1.54, 1.807) is 0 Å². The summed E-state index contributed by atoms with van der Waals surface area (Å²) in [5.74, 6) is -1.27. The number of nitrogens with two attached hydrogens (primary N) is 1. The van der Waals surface area contributed by atoms with Gasteiger partial charge in [-0.15, -0.1) is 0 Å². The number of fused-ring (bicyclic) bond motifs is 1. The highest BCUT2D eigenvalue weighted by atomic mass is 19.1. The largest absolute Gasteiger partial charge is 0.449 e. The molecule has 0 fully saturated rings. The Kier molecular flexibility index (Phi) is 1.73. The van der Waals surface area contributed by atoms with Crippen molar-refractivity contribution in [3.63, 3.8) is 0 Å². The first kappa shape index (κ1) is 8.68. The SMILES string of the molecule is Cc1ncc2oc(C(N)=O)cc2c1F. The maximum atomic E-state index is 13.4. The minimum absolute atomic E-state index is 0.0636. The summed E-state index contributed by atoms with van der Waals surface area (Å²) in [5.41, 5.74) is 5.47. The molecule has 2 N–H and O–H groups in total. The van der Waals surface area contributed by atoms with Gasteiger partial charge in [0.05, 0.1) is 17.3 Å². The average molecular weight is 194 g/mol. The van der Waals surface area contributed by atoms with Gasteiger partial charge in [-0.1, -0.05) is 0 Å². The Morgan fingerprint density at radius 1 is 1.64 bits per heavy atom. The van der Waals surface area contributed by atoms with E-state index >= 15 is 0 Å². The number of nitrogens with zero attached hydrogens (tertiary/aromatic N) is 1. The van der Waals surface area contributed by atoms with Crippen LogP contribution in [0.2, 0.25) is 0 Å². The van der Waals surface area contributed by atoms with E-state index in [1.807, 2.05) is 0 Å². The zero-order valence-electron chi connectivity index (χ0n) is 7.37. The molecule has 0 aliphatic carbocycles. The van der Waals surface area contributed by atoms with Crippen LogP contribution in [0.1, 0.15) is 16.2 Å². The first-order valence-electron chi connectivity index (χ1n) is 3.94. The maximum Gasteiger partial charge on any atom is 0.284 e. The predicted octanol–water partition coefficient (Wildman–Crippen LogP) is 1.37. The van der Waals surface area contributed by atoms with Gasteiger partial charge >= 0.3 is 0 Å². The van der Waals surface area contributed by atoms with Crippen molar-refractivity contribution in [2.75, 3.05) is 0 Å². The predicted molar refractivity (Wildman–Crippen MR) is 47.2 cm³/mol. The Balaban J connectivity index is 2.77. The second kappa shape index (κ2) is 2.80. The van der Waals surface area contributed by atoms with Crippen LogP contribution in [0.4, 0.5) is 4.39 Å². The number of carbonyl (C=O) groups is 1. The number of primary amides is 1. The number of halogens is 1. The number of rotatable bonds is 1. The van der Waals surface area contributed by atoms with Gasteiger partial charge in [-0.3, -0.25) is 9.78 Å². The summed E-state index contributed by atoms with van der Waals surface area (Å²) in [6, 6.07) is 1.28. The third-order valence-corrected chi connectivity index (χ3v) is 1.93. The topological polar surface area (TPSA) is 69.1 Å². The molecule has 2 aromatic heterocycles. The zero-order chi connectivity index (χ0) is 10.3. The molecule has 2 rings (SSSR count). The Labute approximate surface area is 78.5 Å². The van der Waals surface area contributed by atoms with E-state index in [0.29, 0.717) is 0 Å². The smallest absolute Gasteiger partial charge is 0.284 e. The second-order valence-corrected chi connectivity index (χ2v) is 2.91. The molecule has 2 aromatic rings. The molecule has 0 radical (unpaired) electrons. The van der Waals surface area contributed by atoms with Gasteiger partial charge in [-0.2, -0.15) is 0 Å². The van der Waals surface area contributed by atoms with Crippen LogP contribution in [-0.4, -0.2) is 10.9 Å². The van der Waals surface area contributed by atoms with Crippen LogP contribution in [0.15, 0.2) is 16.7 Å². The zero-order valence-corrected chi connectivity index (χ0v) is 7.37. The Hall–Kier alpha value is -1.91. The van der Waals surface area contributed by atoms with E-state index in [0.717, 1.165) is 0 Å². The molecule has 0 aliphatic heterocycles. The molecular weight excluding hydrogens is 187 g/mol. The van der Waals surface area contributed by atoms with Crippen molar-refractivity contribution in [1.82, 2.24) is 4.98 Å². The van der Waals surface area contributed by atoms with E-state index < -0.39 is 11.7 Å². The van der Waals surface area contributed by atoms with E-state index in [9.17, 15) is 9.18 Å². The van der Waals surface area contributed by atoms with Crippen LogP contribution in [0.5, 0.6) is 0 Å². The quantitative estimate of drug-likeness (QED) is 0.745. The van der Waals surface area contributed by atoms with Gasteiger partial charge in [-0.05, 0) is 6.92 Å². The Morgan fingerprint density at radius 3 is 3.00 bits per heavy atom. The van der Waals surface area contributed by atoms with Crippen molar-refractivity contribution in [3.05, 3.63) is 29.5 Å². The summed E-state index contributed by atoms with van der Waals surface area (Å²) in [6.07, 6.45) is 1.36. The molecule has 2 heterocycles. The van der Waals surface area contributed by atoms with Crippen molar-refractivity contribution in [2.24, 2.45) is 5.73 Å². The summed E-state index contributed by atoms with van der Waals surface area (Å²) in [5, 5.41) is 0.228. The van der Waals surface area contributed by atoms with Crippen molar-refractivity contribution < 1.29 is 13.6 Å². The summed E-state index contributed by atoms with van der Waals surface area (Å²) in [7, 11) is 0. The van der Waals surface area contributed by atoms with Crippen LogP contribution in [0.25, 0.3) is 11.0 Å². The fourth-order valence-electron chi connectivity index (χ4n) is 1.20. The first-order chi connectivity index (χ1) is 6.59. The number of pyridine rings is 1. The molecule has 1 amide bonds. The van der Waals surface area contributed by atoms with Crippen molar-refractivity contribution >= 4 is 16.9 Å². The maximum absolute atomic E-state index is 13.4. The molecule has 0 bridgehead atoms. The number of furan rings is 1. The molecule has 0 aromatic carbocycles. The molecule has 4 nitrogen and oxygen atoms in total. The summed E-state index contributed by atoms with van der Waals surface area (Å²) >= 11 is 0. The Morgan fingerprint density at radius 2 is 2.36 bits per heavy atom. The van der Waals surface area contributed by atoms with Gasteiger partial charge in [0.2, 0.25) is 0 Å². The highest BCUT2D eigenvalue weighted by Crippen LogP contribution is 2.22. The molecule has 0 atom stereocenters. The molecule has 5 heteroatoms. The van der Waals surface area contributed by atoms with Crippen molar-refractivity contribution in [2.45, 2.75) is 6.92 Å². The number of amides is 1. The van der Waals surface area contributed by atoms with E-state index in [2.05, 4.69) is 4.98 Å².